The van der Waals surface area contributed by atoms with Crippen LogP contribution < -0.4 is 0 Å². The Balaban J connectivity index is 3.08. The van der Waals surface area contributed by atoms with Crippen LogP contribution in [0.2, 0.25) is 0 Å². The van der Waals surface area contributed by atoms with Crippen LogP contribution in [-0.2, 0) is 14.4 Å². The number of carbonyl (C=O) groups is 3. The second-order valence-corrected chi connectivity index (χ2v) is 7.15. The van der Waals surface area contributed by atoms with Crippen LogP contribution in [0.25, 0.3) is 0 Å². The Labute approximate surface area is 143 Å². The van der Waals surface area contributed by atoms with E-state index in [4.69, 9.17) is 0 Å². The lowest BCUT2D eigenvalue weighted by Crippen LogP contribution is -2.54. The van der Waals surface area contributed by atoms with Gasteiger partial charge >= 0.3 is 12.1 Å². The highest BCUT2D eigenvalue weighted by atomic mass is 32.2. The molecule has 1 N–H and O–H groups in total. The van der Waals surface area contributed by atoms with Crippen LogP contribution in [0.3, 0.4) is 0 Å². The van der Waals surface area contributed by atoms with Gasteiger partial charge in [-0.05, 0) is 19.8 Å². The minimum atomic E-state index is -4.83. The number of halogens is 3. The molecule has 0 spiro atoms. The molecular formula is C15H22F3NO4S. The Hall–Kier alpha value is -1.25. The highest BCUT2D eigenvalue weighted by molar-refractivity contribution is 8.13. The number of rotatable bonds is 6. The van der Waals surface area contributed by atoms with Crippen LogP contribution in [-0.4, -0.2) is 51.0 Å². The van der Waals surface area contributed by atoms with Gasteiger partial charge in [0.25, 0.3) is 0 Å². The largest absolute Gasteiger partial charge is 0.480 e. The van der Waals surface area contributed by atoms with Gasteiger partial charge in [-0.25, -0.2) is 4.79 Å². The molecule has 0 aliphatic heterocycles. The molecule has 1 aliphatic rings. The number of carboxylic acids is 1. The van der Waals surface area contributed by atoms with Gasteiger partial charge in [-0.1, -0.05) is 31.0 Å². The van der Waals surface area contributed by atoms with Crippen molar-refractivity contribution in [2.75, 3.05) is 5.75 Å². The molecule has 1 saturated carbocycles. The molecule has 2 atom stereocenters. The lowest BCUT2D eigenvalue weighted by atomic mass is 9.92. The van der Waals surface area contributed by atoms with Crippen molar-refractivity contribution in [3.05, 3.63) is 0 Å². The molecule has 0 bridgehead atoms. The number of nitrogens with zero attached hydrogens (tertiary/aromatic N) is 1. The fraction of sp³-hybridized carbons (Fsp3) is 0.800. The average molecular weight is 369 g/mol. The van der Waals surface area contributed by atoms with Gasteiger partial charge < -0.3 is 10.0 Å². The zero-order valence-electron chi connectivity index (χ0n) is 13.6. The monoisotopic (exact) mass is 369 g/mol. The van der Waals surface area contributed by atoms with Crippen molar-refractivity contribution in [1.82, 2.24) is 4.90 Å². The van der Waals surface area contributed by atoms with Crippen LogP contribution in [0.4, 0.5) is 13.2 Å². The second kappa shape index (κ2) is 8.73. The summed E-state index contributed by atoms with van der Waals surface area (Å²) < 4.78 is 39.9. The number of alkyl halides is 3. The molecule has 1 amide bonds. The van der Waals surface area contributed by atoms with E-state index in [2.05, 4.69) is 0 Å². The van der Waals surface area contributed by atoms with E-state index >= 15 is 0 Å². The maximum atomic E-state index is 13.3. The molecule has 24 heavy (non-hydrogen) atoms. The highest BCUT2D eigenvalue weighted by Crippen LogP contribution is 2.34. The smallest absolute Gasteiger partial charge is 0.401 e. The van der Waals surface area contributed by atoms with E-state index in [-0.39, 0.29) is 0 Å². The van der Waals surface area contributed by atoms with Crippen molar-refractivity contribution in [3.8, 4) is 0 Å². The molecule has 0 aromatic carbocycles. The molecule has 1 rings (SSSR count). The molecule has 0 saturated heterocycles. The third-order valence-electron chi connectivity index (χ3n) is 4.14. The summed E-state index contributed by atoms with van der Waals surface area (Å²) in [6.45, 7) is 2.35. The van der Waals surface area contributed by atoms with E-state index < -0.39 is 46.9 Å². The Bertz CT molecular complexity index is 478. The van der Waals surface area contributed by atoms with Crippen molar-refractivity contribution in [1.29, 1.82) is 0 Å². The fourth-order valence-corrected chi connectivity index (χ4v) is 3.58. The molecule has 138 valence electrons. The van der Waals surface area contributed by atoms with E-state index in [0.29, 0.717) is 24.6 Å². The predicted octanol–water partition coefficient (Wildman–Crippen LogP) is 3.08. The van der Waals surface area contributed by atoms with Crippen molar-refractivity contribution < 1.29 is 32.7 Å². The van der Waals surface area contributed by atoms with Crippen molar-refractivity contribution in [3.63, 3.8) is 0 Å². The second-order valence-electron chi connectivity index (χ2n) is 5.95. The summed E-state index contributed by atoms with van der Waals surface area (Å²) >= 11 is 0.425. The van der Waals surface area contributed by atoms with Crippen LogP contribution in [0.1, 0.15) is 46.0 Å². The summed E-state index contributed by atoms with van der Waals surface area (Å²) in [5, 5.41) is 8.68. The van der Waals surface area contributed by atoms with Crippen molar-refractivity contribution in [2.45, 2.75) is 64.2 Å². The number of aliphatic carboxylic acids is 1. The number of carbonyl (C=O) groups excluding carboxylic acids is 2. The van der Waals surface area contributed by atoms with Gasteiger partial charge in [-0.2, -0.15) is 13.2 Å². The number of hydrogen-bond donors (Lipinski definition) is 1. The third kappa shape index (κ3) is 5.68. The summed E-state index contributed by atoms with van der Waals surface area (Å²) in [6, 6.07) is -1.85. The first-order valence-corrected chi connectivity index (χ1v) is 8.79. The maximum Gasteiger partial charge on any atom is 0.401 e. The van der Waals surface area contributed by atoms with Gasteiger partial charge in [0.2, 0.25) is 5.91 Å². The lowest BCUT2D eigenvalue weighted by Gasteiger charge is -2.39. The van der Waals surface area contributed by atoms with Gasteiger partial charge in [0.05, 0.1) is 0 Å². The van der Waals surface area contributed by atoms with E-state index in [1.54, 1.807) is 0 Å². The number of thioether (sulfide) groups is 1. The van der Waals surface area contributed by atoms with Gasteiger partial charge in [-0.15, -0.1) is 0 Å². The lowest BCUT2D eigenvalue weighted by molar-refractivity contribution is -0.189. The molecule has 0 aromatic heterocycles. The molecule has 1 unspecified atom stereocenters. The van der Waals surface area contributed by atoms with E-state index in [1.165, 1.54) is 6.92 Å². The fourth-order valence-electron chi connectivity index (χ4n) is 2.85. The molecule has 1 aliphatic carbocycles. The first-order chi connectivity index (χ1) is 11.1. The summed E-state index contributed by atoms with van der Waals surface area (Å²) in [5.41, 5.74) is 0. The van der Waals surface area contributed by atoms with E-state index in [9.17, 15) is 32.7 Å². The summed E-state index contributed by atoms with van der Waals surface area (Å²) in [6.07, 6.45) is -1.42. The zero-order chi connectivity index (χ0) is 18.5. The molecule has 0 heterocycles. The first kappa shape index (κ1) is 20.8. The van der Waals surface area contributed by atoms with Gasteiger partial charge in [0.15, 0.2) is 5.12 Å². The van der Waals surface area contributed by atoms with Gasteiger partial charge in [0, 0.05) is 18.7 Å². The van der Waals surface area contributed by atoms with E-state index in [1.807, 2.05) is 0 Å². The minimum Gasteiger partial charge on any atom is -0.480 e. The average Bonchev–Trinajstić information content (AvgIpc) is 2.46. The Kier molecular flexibility index (Phi) is 7.56. The minimum absolute atomic E-state index is 0.425. The Morgan fingerprint density at radius 3 is 2.17 bits per heavy atom. The van der Waals surface area contributed by atoms with Gasteiger partial charge in [0.1, 0.15) is 12.0 Å². The number of amides is 1. The standard InChI is InChI=1S/C15H22F3NO4S/c1-9(14(22)23)19(11-6-4-3-5-7-11)13(21)12(15(16,17)18)8-24-10(2)20/h9,11-12H,3-8H2,1-2H3,(H,22,23)/t9-,12?/m0/s1. The Morgan fingerprint density at radius 1 is 1.21 bits per heavy atom. The normalized spacial score (nSPS) is 18.7. The van der Waals surface area contributed by atoms with Crippen LogP contribution >= 0.6 is 11.8 Å². The van der Waals surface area contributed by atoms with Crippen LogP contribution in [0.5, 0.6) is 0 Å². The third-order valence-corrected chi connectivity index (χ3v) is 5.05. The molecule has 5 nitrogen and oxygen atoms in total. The van der Waals surface area contributed by atoms with Crippen molar-refractivity contribution >= 4 is 28.8 Å². The van der Waals surface area contributed by atoms with Gasteiger partial charge in [-0.3, -0.25) is 9.59 Å². The highest BCUT2D eigenvalue weighted by Gasteiger charge is 2.49. The van der Waals surface area contributed by atoms with Crippen LogP contribution in [0, 0.1) is 5.92 Å². The molecule has 0 aromatic rings. The molecule has 9 heteroatoms. The number of carboxylic acid groups (broad SMARTS) is 1. The zero-order valence-corrected chi connectivity index (χ0v) is 14.5. The summed E-state index contributed by atoms with van der Waals surface area (Å²) in [4.78, 5) is 35.7. The quantitative estimate of drug-likeness (QED) is 0.779. The molecule has 0 radical (unpaired) electrons. The first-order valence-electron chi connectivity index (χ1n) is 7.80. The molecular weight excluding hydrogens is 347 g/mol. The predicted molar refractivity (Wildman–Crippen MR) is 83.5 cm³/mol. The summed E-state index contributed by atoms with van der Waals surface area (Å²) in [5.74, 6) is -5.70. The summed E-state index contributed by atoms with van der Waals surface area (Å²) in [7, 11) is 0. The van der Waals surface area contributed by atoms with Crippen LogP contribution in [0.15, 0.2) is 0 Å². The van der Waals surface area contributed by atoms with Crippen molar-refractivity contribution in [2.24, 2.45) is 5.92 Å². The molecule has 1 fully saturated rings. The maximum absolute atomic E-state index is 13.3. The van der Waals surface area contributed by atoms with E-state index in [0.717, 1.165) is 31.1 Å². The topological polar surface area (TPSA) is 74.7 Å². The SMILES string of the molecule is CC(=O)SCC(C(=O)N(C1CCCCC1)[C@@H](C)C(=O)O)C(F)(F)F. The Morgan fingerprint density at radius 2 is 1.75 bits per heavy atom. The number of hydrogen-bond acceptors (Lipinski definition) is 4.